The fraction of sp³-hybridized carbons (Fsp3) is 0.556. The molecule has 0 spiro atoms. The Kier molecular flexibility index (Phi) is 9.83. The topological polar surface area (TPSA) is 63.2 Å². The Bertz CT molecular complexity index is 691. The predicted octanol–water partition coefficient (Wildman–Crippen LogP) is 3.25. The van der Waals surface area contributed by atoms with Crippen LogP contribution in [-0.2, 0) is 16.1 Å². The lowest BCUT2D eigenvalue weighted by Crippen LogP contribution is -2.40. The number of nitrogens with one attached hydrogen (secondary N) is 1. The largest absolute Gasteiger partial charge is 0.469 e. The van der Waals surface area contributed by atoms with Crippen molar-refractivity contribution in [3.05, 3.63) is 29.6 Å². The first-order valence-electron chi connectivity index (χ1n) is 8.70. The van der Waals surface area contributed by atoms with Gasteiger partial charge in [0.15, 0.2) is 5.96 Å². The van der Waals surface area contributed by atoms with Gasteiger partial charge < -0.3 is 19.7 Å². The molecule has 1 aliphatic heterocycles. The summed E-state index contributed by atoms with van der Waals surface area (Å²) in [6.45, 7) is 2.14. The van der Waals surface area contributed by atoms with Crippen molar-refractivity contribution in [1.82, 2.24) is 10.2 Å². The molecule has 6 nitrogen and oxygen atoms in total. The van der Waals surface area contributed by atoms with Crippen molar-refractivity contribution in [1.29, 1.82) is 0 Å². The first-order chi connectivity index (χ1) is 12.9. The van der Waals surface area contributed by atoms with Gasteiger partial charge in [0.05, 0.1) is 25.1 Å². The summed E-state index contributed by atoms with van der Waals surface area (Å²) in [4.78, 5) is 18.1. The van der Waals surface area contributed by atoms with Crippen LogP contribution in [0.25, 0.3) is 0 Å². The highest BCUT2D eigenvalue weighted by molar-refractivity contribution is 14.0. The second-order valence-corrected chi connectivity index (χ2v) is 6.28. The van der Waals surface area contributed by atoms with Crippen LogP contribution in [0.2, 0.25) is 0 Å². The summed E-state index contributed by atoms with van der Waals surface area (Å²) < 4.78 is 48.4. The van der Waals surface area contributed by atoms with Gasteiger partial charge in [0.1, 0.15) is 11.6 Å². The van der Waals surface area contributed by atoms with Crippen LogP contribution in [0.5, 0.6) is 5.75 Å². The molecule has 1 N–H and O–H groups in total. The molecule has 2 unspecified atom stereocenters. The number of carbonyl (C=O) groups is 1. The molecule has 0 amide bonds. The van der Waals surface area contributed by atoms with Gasteiger partial charge in [-0.25, -0.2) is 9.38 Å². The van der Waals surface area contributed by atoms with Gasteiger partial charge in [-0.2, -0.15) is 8.78 Å². The normalized spacial score (nSPS) is 19.4. The molecule has 1 aromatic carbocycles. The number of alkyl halides is 2. The molecule has 1 fully saturated rings. The molecule has 0 saturated carbocycles. The van der Waals surface area contributed by atoms with Gasteiger partial charge >= 0.3 is 12.6 Å². The minimum atomic E-state index is -3.05. The van der Waals surface area contributed by atoms with Gasteiger partial charge in [-0.3, -0.25) is 4.79 Å². The maximum absolute atomic E-state index is 14.1. The van der Waals surface area contributed by atoms with Crippen LogP contribution in [0, 0.1) is 17.7 Å². The second kappa shape index (κ2) is 11.3. The molecule has 1 aliphatic rings. The van der Waals surface area contributed by atoms with Crippen molar-refractivity contribution in [3.8, 4) is 5.75 Å². The number of benzene rings is 1. The molecule has 0 aliphatic carbocycles. The minimum Gasteiger partial charge on any atom is -0.469 e. The van der Waals surface area contributed by atoms with Gasteiger partial charge in [0.2, 0.25) is 0 Å². The zero-order valence-electron chi connectivity index (χ0n) is 16.0. The average Bonchev–Trinajstić information content (AvgIpc) is 3.00. The molecular weight excluding hydrogens is 490 g/mol. The van der Waals surface area contributed by atoms with Crippen LogP contribution in [0.1, 0.15) is 19.4 Å². The number of hydrogen-bond donors (Lipinski definition) is 1. The summed E-state index contributed by atoms with van der Waals surface area (Å²) in [7, 11) is 1.35. The Morgan fingerprint density at radius 2 is 2.11 bits per heavy atom. The van der Waals surface area contributed by atoms with E-state index in [9.17, 15) is 18.0 Å². The summed E-state index contributed by atoms with van der Waals surface area (Å²) >= 11 is 0. The van der Waals surface area contributed by atoms with Crippen LogP contribution < -0.4 is 10.1 Å². The molecule has 1 saturated heterocycles. The number of aliphatic imine (C=N–C) groups is 1. The first-order valence-corrected chi connectivity index (χ1v) is 8.70. The molecule has 0 aromatic heterocycles. The van der Waals surface area contributed by atoms with E-state index in [2.05, 4.69) is 15.0 Å². The van der Waals surface area contributed by atoms with Crippen molar-refractivity contribution >= 4 is 35.9 Å². The number of methoxy groups -OCH3 is 1. The molecule has 0 bridgehead atoms. The van der Waals surface area contributed by atoms with Crippen molar-refractivity contribution in [3.63, 3.8) is 0 Å². The third-order valence-corrected chi connectivity index (χ3v) is 4.43. The fourth-order valence-corrected chi connectivity index (χ4v) is 3.08. The molecule has 1 heterocycles. The van der Waals surface area contributed by atoms with Gasteiger partial charge in [-0.1, -0.05) is 13.0 Å². The van der Waals surface area contributed by atoms with Crippen LogP contribution in [-0.4, -0.2) is 50.2 Å². The highest BCUT2D eigenvalue weighted by atomic mass is 127. The van der Waals surface area contributed by atoms with Crippen LogP contribution >= 0.6 is 24.0 Å². The van der Waals surface area contributed by atoms with E-state index < -0.39 is 12.4 Å². The molecular formula is C18H25F3IN3O3. The Morgan fingerprint density at radius 3 is 2.71 bits per heavy atom. The Hall–Kier alpha value is -1.72. The highest BCUT2D eigenvalue weighted by Gasteiger charge is 2.36. The van der Waals surface area contributed by atoms with E-state index in [1.54, 1.807) is 0 Å². The third-order valence-electron chi connectivity index (χ3n) is 4.43. The van der Waals surface area contributed by atoms with Crippen LogP contribution in [0.4, 0.5) is 13.2 Å². The van der Waals surface area contributed by atoms with Crippen LogP contribution in [0.15, 0.2) is 23.2 Å². The van der Waals surface area contributed by atoms with Gasteiger partial charge in [0, 0.05) is 19.6 Å². The smallest absolute Gasteiger partial charge is 0.387 e. The summed E-state index contributed by atoms with van der Waals surface area (Å²) in [6.07, 6.45) is 0. The summed E-state index contributed by atoms with van der Waals surface area (Å²) in [5, 5.41) is 3.08. The molecule has 2 rings (SSSR count). The first kappa shape index (κ1) is 24.3. The quantitative estimate of drug-likeness (QED) is 0.273. The zero-order chi connectivity index (χ0) is 20.0. The van der Waals surface area contributed by atoms with E-state index in [4.69, 9.17) is 4.74 Å². The molecule has 28 heavy (non-hydrogen) atoms. The van der Waals surface area contributed by atoms with E-state index in [1.807, 2.05) is 18.7 Å². The Balaban J connectivity index is 0.00000392. The van der Waals surface area contributed by atoms with Gasteiger partial charge in [-0.05, 0) is 25.0 Å². The minimum absolute atomic E-state index is 0. The van der Waals surface area contributed by atoms with Gasteiger partial charge in [0.25, 0.3) is 0 Å². The number of likely N-dealkylation sites (tertiary alicyclic amines) is 1. The lowest BCUT2D eigenvalue weighted by Gasteiger charge is -2.21. The average molecular weight is 515 g/mol. The number of guanidine groups is 1. The molecule has 1 aromatic rings. The summed E-state index contributed by atoms with van der Waals surface area (Å²) in [5.41, 5.74) is -0.0510. The number of hydrogen-bond acceptors (Lipinski definition) is 4. The number of carbonyl (C=O) groups excluding carboxylic acids is 1. The Labute approximate surface area is 179 Å². The van der Waals surface area contributed by atoms with E-state index in [0.717, 1.165) is 0 Å². The summed E-state index contributed by atoms with van der Waals surface area (Å²) in [5.74, 6) is -0.955. The fourth-order valence-electron chi connectivity index (χ4n) is 3.08. The van der Waals surface area contributed by atoms with Gasteiger partial charge in [-0.15, -0.1) is 24.0 Å². The zero-order valence-corrected chi connectivity index (χ0v) is 18.3. The monoisotopic (exact) mass is 515 g/mol. The molecule has 0 radical (unpaired) electrons. The van der Waals surface area contributed by atoms with Crippen molar-refractivity contribution in [2.75, 3.05) is 26.7 Å². The van der Waals surface area contributed by atoms with Crippen molar-refractivity contribution in [2.24, 2.45) is 16.8 Å². The van der Waals surface area contributed by atoms with Crippen molar-refractivity contribution < 1.29 is 27.4 Å². The van der Waals surface area contributed by atoms with E-state index >= 15 is 0 Å². The molecule has 10 heteroatoms. The van der Waals surface area contributed by atoms with Crippen molar-refractivity contribution in [2.45, 2.75) is 27.0 Å². The predicted molar refractivity (Wildman–Crippen MR) is 110 cm³/mol. The molecule has 158 valence electrons. The van der Waals surface area contributed by atoms with E-state index in [0.29, 0.717) is 25.6 Å². The van der Waals surface area contributed by atoms with E-state index in [1.165, 1.54) is 25.3 Å². The SMILES string of the molecule is CCNC(=NCc1c(F)cccc1OC(F)F)N1CC(C)C(C(=O)OC)C1.I. The number of ether oxygens (including phenoxy) is 2. The maximum atomic E-state index is 14.1. The summed E-state index contributed by atoms with van der Waals surface area (Å²) in [6, 6.07) is 3.74. The number of nitrogens with zero attached hydrogens (tertiary/aromatic N) is 2. The standard InChI is InChI=1S/C18H24F3N3O3.HI/c1-4-22-18(24-9-11(2)13(10-24)16(25)26-3)23-8-12-14(19)6-5-7-15(12)27-17(20)21;/h5-7,11,13,17H,4,8-10H2,1-3H3,(H,22,23);1H. The maximum Gasteiger partial charge on any atom is 0.387 e. The number of rotatable bonds is 6. The number of halogens is 4. The molecule has 2 atom stereocenters. The second-order valence-electron chi connectivity index (χ2n) is 6.28. The third kappa shape index (κ3) is 6.14. The van der Waals surface area contributed by atoms with Crippen LogP contribution in [0.3, 0.4) is 0 Å². The lowest BCUT2D eigenvalue weighted by molar-refractivity contribution is -0.146. The lowest BCUT2D eigenvalue weighted by atomic mass is 9.99. The Morgan fingerprint density at radius 1 is 1.39 bits per heavy atom. The number of esters is 1. The highest BCUT2D eigenvalue weighted by Crippen LogP contribution is 2.26. The van der Waals surface area contributed by atoms with E-state index in [-0.39, 0.29) is 59.6 Å².